The molecule has 0 saturated carbocycles. The minimum atomic E-state index is -3.33. The van der Waals surface area contributed by atoms with Crippen molar-refractivity contribution in [3.05, 3.63) is 29.3 Å². The zero-order valence-corrected chi connectivity index (χ0v) is 11.6. The summed E-state index contributed by atoms with van der Waals surface area (Å²) in [4.78, 5) is 0.358. The first-order valence-corrected chi connectivity index (χ1v) is 7.52. The Labute approximate surface area is 104 Å². The number of hydrogen-bond acceptors (Lipinski definition) is 2. The summed E-state index contributed by atoms with van der Waals surface area (Å²) in [7, 11) is -3.33. The van der Waals surface area contributed by atoms with Crippen LogP contribution < -0.4 is 4.72 Å². The van der Waals surface area contributed by atoms with Crippen molar-refractivity contribution in [2.45, 2.75) is 44.9 Å². The summed E-state index contributed by atoms with van der Waals surface area (Å²) >= 11 is 0. The van der Waals surface area contributed by atoms with Gasteiger partial charge in [0.15, 0.2) is 0 Å². The standard InChI is InChI=1S/C13H21NO2S/c1-4-5-6-9-14-17(15,16)13-8-7-11(2)12(3)10-13/h7-8,10,14H,4-6,9H2,1-3H3. The summed E-state index contributed by atoms with van der Waals surface area (Å²) in [6.45, 7) is 6.51. The van der Waals surface area contributed by atoms with Crippen LogP contribution in [-0.2, 0) is 10.0 Å². The second-order valence-corrected chi connectivity index (χ2v) is 6.12. The maximum Gasteiger partial charge on any atom is 0.240 e. The van der Waals surface area contributed by atoms with Crippen molar-refractivity contribution >= 4 is 10.0 Å². The van der Waals surface area contributed by atoms with Crippen molar-refractivity contribution in [1.82, 2.24) is 4.72 Å². The van der Waals surface area contributed by atoms with Gasteiger partial charge in [-0.05, 0) is 43.5 Å². The second kappa shape index (κ2) is 6.17. The van der Waals surface area contributed by atoms with Gasteiger partial charge < -0.3 is 0 Å². The van der Waals surface area contributed by atoms with Gasteiger partial charge in [-0.2, -0.15) is 0 Å². The summed E-state index contributed by atoms with van der Waals surface area (Å²) < 4.78 is 26.5. The Morgan fingerprint density at radius 2 is 1.82 bits per heavy atom. The molecule has 0 aromatic heterocycles. The van der Waals surface area contributed by atoms with Crippen molar-refractivity contribution in [3.63, 3.8) is 0 Å². The highest BCUT2D eigenvalue weighted by atomic mass is 32.2. The molecular formula is C13H21NO2S. The predicted molar refractivity (Wildman–Crippen MR) is 70.6 cm³/mol. The molecule has 1 aromatic carbocycles. The van der Waals surface area contributed by atoms with Crippen LogP contribution in [0.25, 0.3) is 0 Å². The lowest BCUT2D eigenvalue weighted by Crippen LogP contribution is -2.24. The number of sulfonamides is 1. The van der Waals surface area contributed by atoms with Crippen LogP contribution in [0.1, 0.15) is 37.3 Å². The number of benzene rings is 1. The van der Waals surface area contributed by atoms with Gasteiger partial charge in [0.25, 0.3) is 0 Å². The average molecular weight is 255 g/mol. The molecule has 17 heavy (non-hydrogen) atoms. The highest BCUT2D eigenvalue weighted by Crippen LogP contribution is 2.14. The van der Waals surface area contributed by atoms with Gasteiger partial charge in [-0.25, -0.2) is 13.1 Å². The van der Waals surface area contributed by atoms with E-state index in [0.29, 0.717) is 11.4 Å². The third-order valence-electron chi connectivity index (χ3n) is 2.86. The normalized spacial score (nSPS) is 11.7. The molecule has 0 unspecified atom stereocenters. The lowest BCUT2D eigenvalue weighted by molar-refractivity contribution is 0.576. The summed E-state index contributed by atoms with van der Waals surface area (Å²) in [5, 5.41) is 0. The third-order valence-corrected chi connectivity index (χ3v) is 4.32. The fraction of sp³-hybridized carbons (Fsp3) is 0.538. The van der Waals surface area contributed by atoms with Crippen molar-refractivity contribution in [3.8, 4) is 0 Å². The summed E-state index contributed by atoms with van der Waals surface area (Å²) in [5.41, 5.74) is 2.11. The van der Waals surface area contributed by atoms with Crippen molar-refractivity contribution < 1.29 is 8.42 Å². The van der Waals surface area contributed by atoms with E-state index in [1.54, 1.807) is 12.1 Å². The van der Waals surface area contributed by atoms with Gasteiger partial charge in [-0.1, -0.05) is 25.8 Å². The van der Waals surface area contributed by atoms with E-state index < -0.39 is 10.0 Å². The molecule has 0 fully saturated rings. The minimum absolute atomic E-state index is 0.358. The molecule has 3 nitrogen and oxygen atoms in total. The van der Waals surface area contributed by atoms with Crippen LogP contribution in [0.2, 0.25) is 0 Å². The van der Waals surface area contributed by atoms with Crippen LogP contribution in [0.5, 0.6) is 0 Å². The van der Waals surface area contributed by atoms with Crippen molar-refractivity contribution in [2.24, 2.45) is 0 Å². The highest BCUT2D eigenvalue weighted by molar-refractivity contribution is 7.89. The van der Waals surface area contributed by atoms with E-state index in [0.717, 1.165) is 30.4 Å². The molecule has 1 N–H and O–H groups in total. The highest BCUT2D eigenvalue weighted by Gasteiger charge is 2.13. The van der Waals surface area contributed by atoms with Gasteiger partial charge in [-0.3, -0.25) is 0 Å². The molecule has 0 spiro atoms. The first kappa shape index (κ1) is 14.2. The smallest absolute Gasteiger partial charge is 0.211 e. The lowest BCUT2D eigenvalue weighted by Gasteiger charge is -2.08. The molecular weight excluding hydrogens is 234 g/mol. The first-order chi connectivity index (χ1) is 7.97. The molecule has 1 rings (SSSR count). The Bertz CT molecular complexity index is 466. The molecule has 0 aliphatic rings. The molecule has 0 atom stereocenters. The molecule has 96 valence electrons. The van der Waals surface area contributed by atoms with E-state index in [4.69, 9.17) is 0 Å². The van der Waals surface area contributed by atoms with Gasteiger partial charge in [-0.15, -0.1) is 0 Å². The van der Waals surface area contributed by atoms with Gasteiger partial charge in [0.2, 0.25) is 10.0 Å². The topological polar surface area (TPSA) is 46.2 Å². The van der Waals surface area contributed by atoms with E-state index >= 15 is 0 Å². The number of aryl methyl sites for hydroxylation is 2. The summed E-state index contributed by atoms with van der Waals surface area (Å²) in [6.07, 6.45) is 3.03. The Morgan fingerprint density at radius 1 is 1.12 bits per heavy atom. The third kappa shape index (κ3) is 4.13. The monoisotopic (exact) mass is 255 g/mol. The molecule has 0 amide bonds. The van der Waals surface area contributed by atoms with Gasteiger partial charge in [0.05, 0.1) is 4.90 Å². The van der Waals surface area contributed by atoms with E-state index in [1.807, 2.05) is 19.9 Å². The van der Waals surface area contributed by atoms with E-state index in [2.05, 4.69) is 11.6 Å². The van der Waals surface area contributed by atoms with Crippen LogP contribution in [0.3, 0.4) is 0 Å². The number of nitrogens with one attached hydrogen (secondary N) is 1. The Balaban J connectivity index is 2.72. The summed E-state index contributed by atoms with van der Waals surface area (Å²) in [6, 6.07) is 5.22. The molecule has 4 heteroatoms. The van der Waals surface area contributed by atoms with Crippen molar-refractivity contribution in [2.75, 3.05) is 6.54 Å². The number of hydrogen-bond donors (Lipinski definition) is 1. The maximum absolute atomic E-state index is 11.9. The van der Waals surface area contributed by atoms with Crippen LogP contribution in [0.15, 0.2) is 23.1 Å². The Hall–Kier alpha value is -0.870. The molecule has 0 radical (unpaired) electrons. The minimum Gasteiger partial charge on any atom is -0.211 e. The van der Waals surface area contributed by atoms with Crippen LogP contribution in [0, 0.1) is 13.8 Å². The fourth-order valence-corrected chi connectivity index (χ4v) is 2.70. The summed E-state index contributed by atoms with van der Waals surface area (Å²) in [5.74, 6) is 0. The largest absolute Gasteiger partial charge is 0.240 e. The van der Waals surface area contributed by atoms with Gasteiger partial charge in [0.1, 0.15) is 0 Å². The molecule has 0 aliphatic heterocycles. The molecule has 1 aromatic rings. The van der Waals surface area contributed by atoms with Crippen LogP contribution >= 0.6 is 0 Å². The Kier molecular flexibility index (Phi) is 5.15. The Morgan fingerprint density at radius 3 is 2.41 bits per heavy atom. The van der Waals surface area contributed by atoms with Gasteiger partial charge >= 0.3 is 0 Å². The SMILES string of the molecule is CCCCCNS(=O)(=O)c1ccc(C)c(C)c1. The predicted octanol–water partition coefficient (Wildman–Crippen LogP) is 2.77. The maximum atomic E-state index is 11.9. The van der Waals surface area contributed by atoms with E-state index in [-0.39, 0.29) is 0 Å². The lowest BCUT2D eigenvalue weighted by atomic mass is 10.1. The molecule has 0 aliphatic carbocycles. The fourth-order valence-electron chi connectivity index (χ4n) is 1.55. The first-order valence-electron chi connectivity index (χ1n) is 6.04. The molecule has 0 heterocycles. The van der Waals surface area contributed by atoms with Crippen molar-refractivity contribution in [1.29, 1.82) is 0 Å². The number of rotatable bonds is 6. The van der Waals surface area contributed by atoms with Gasteiger partial charge in [0, 0.05) is 6.54 Å². The number of unbranched alkanes of at least 4 members (excludes halogenated alkanes) is 2. The quantitative estimate of drug-likeness (QED) is 0.794. The zero-order chi connectivity index (χ0) is 12.9. The molecule has 0 saturated heterocycles. The van der Waals surface area contributed by atoms with Crippen LogP contribution in [-0.4, -0.2) is 15.0 Å². The molecule has 0 bridgehead atoms. The zero-order valence-electron chi connectivity index (χ0n) is 10.8. The van der Waals surface area contributed by atoms with E-state index in [1.165, 1.54) is 0 Å². The second-order valence-electron chi connectivity index (χ2n) is 4.35. The van der Waals surface area contributed by atoms with Crippen LogP contribution in [0.4, 0.5) is 0 Å². The average Bonchev–Trinajstić information content (AvgIpc) is 2.28. The van der Waals surface area contributed by atoms with E-state index in [9.17, 15) is 8.42 Å².